The molecule has 23 heavy (non-hydrogen) atoms. The summed E-state index contributed by atoms with van der Waals surface area (Å²) in [6, 6.07) is 9.41. The first-order valence-corrected chi connectivity index (χ1v) is 7.60. The average molecular weight is 322 g/mol. The van der Waals surface area contributed by atoms with E-state index >= 15 is 0 Å². The van der Waals surface area contributed by atoms with Crippen molar-refractivity contribution < 1.29 is 4.79 Å². The molecule has 0 spiro atoms. The van der Waals surface area contributed by atoms with Crippen LogP contribution in [0, 0.1) is 0 Å². The second kappa shape index (κ2) is 5.58. The molecule has 0 radical (unpaired) electrons. The van der Waals surface area contributed by atoms with Crippen molar-refractivity contribution >= 4 is 33.1 Å². The van der Waals surface area contributed by atoms with Crippen molar-refractivity contribution in [1.82, 2.24) is 24.7 Å². The molecule has 8 heteroatoms. The Kier molecular flexibility index (Phi) is 3.28. The summed E-state index contributed by atoms with van der Waals surface area (Å²) in [6.07, 6.45) is 6.46. The monoisotopic (exact) mass is 322 g/mol. The van der Waals surface area contributed by atoms with E-state index in [1.54, 1.807) is 23.1 Å². The van der Waals surface area contributed by atoms with Crippen molar-refractivity contribution in [1.29, 1.82) is 0 Å². The fourth-order valence-electron chi connectivity index (χ4n) is 2.05. The molecule has 4 aromatic rings. The molecule has 0 bridgehead atoms. The lowest BCUT2D eigenvalue weighted by Gasteiger charge is -2.03. The predicted molar refractivity (Wildman–Crippen MR) is 86.7 cm³/mol. The van der Waals surface area contributed by atoms with Gasteiger partial charge in [-0.3, -0.25) is 4.79 Å². The number of amides is 1. The van der Waals surface area contributed by atoms with E-state index < -0.39 is 0 Å². The zero-order valence-corrected chi connectivity index (χ0v) is 12.6. The zero-order chi connectivity index (χ0) is 15.6. The molecule has 7 nitrogen and oxygen atoms in total. The van der Waals surface area contributed by atoms with Crippen LogP contribution in [0.5, 0.6) is 0 Å². The van der Waals surface area contributed by atoms with Gasteiger partial charge in [-0.05, 0) is 18.2 Å². The number of aromatic nitrogens is 5. The van der Waals surface area contributed by atoms with Gasteiger partial charge in [-0.25, -0.2) is 19.6 Å². The van der Waals surface area contributed by atoms with Gasteiger partial charge >= 0.3 is 0 Å². The van der Waals surface area contributed by atoms with Gasteiger partial charge in [-0.1, -0.05) is 12.1 Å². The lowest BCUT2D eigenvalue weighted by molar-refractivity contribution is 0.102. The van der Waals surface area contributed by atoms with E-state index in [2.05, 4.69) is 25.4 Å². The van der Waals surface area contributed by atoms with E-state index in [1.165, 1.54) is 23.7 Å². The van der Waals surface area contributed by atoms with Crippen LogP contribution in [0.2, 0.25) is 0 Å². The van der Waals surface area contributed by atoms with Gasteiger partial charge in [0.1, 0.15) is 0 Å². The molecule has 1 amide bonds. The number of para-hydroxylation sites is 1. The maximum absolute atomic E-state index is 12.3. The summed E-state index contributed by atoms with van der Waals surface area (Å²) in [5.41, 5.74) is 1.32. The number of nitrogens with zero attached hydrogens (tertiary/aromatic N) is 5. The fraction of sp³-hybridized carbons (Fsp3) is 0. The van der Waals surface area contributed by atoms with Crippen LogP contribution in [0.15, 0.2) is 55.1 Å². The molecule has 0 aliphatic rings. The highest BCUT2D eigenvalue weighted by atomic mass is 32.1. The Morgan fingerprint density at radius 1 is 1.13 bits per heavy atom. The second-order valence-electron chi connectivity index (χ2n) is 4.66. The number of hydrogen-bond donors (Lipinski definition) is 1. The Morgan fingerprint density at radius 2 is 1.96 bits per heavy atom. The minimum absolute atomic E-state index is 0.276. The summed E-state index contributed by atoms with van der Waals surface area (Å²) >= 11 is 1.35. The standard InChI is InChI=1S/C15H10N6OS/c22-13(14-20-11-4-1-2-5-12(11)23-14)19-10-8-16-15(17-9-10)21-7-3-6-18-21/h1-9H,(H,19,22). The number of carbonyl (C=O) groups is 1. The first-order valence-electron chi connectivity index (χ1n) is 6.78. The number of rotatable bonds is 3. The van der Waals surface area contributed by atoms with Gasteiger partial charge in [0, 0.05) is 12.4 Å². The molecule has 0 aliphatic carbocycles. The molecule has 0 saturated heterocycles. The normalized spacial score (nSPS) is 10.8. The van der Waals surface area contributed by atoms with Crippen molar-refractivity contribution in [3.63, 3.8) is 0 Å². The topological polar surface area (TPSA) is 85.6 Å². The number of fused-ring (bicyclic) bond motifs is 1. The molecule has 0 atom stereocenters. The summed E-state index contributed by atoms with van der Waals surface area (Å²) < 4.78 is 2.52. The SMILES string of the molecule is O=C(Nc1cnc(-n2cccn2)nc1)c1nc2ccccc2s1. The van der Waals surface area contributed by atoms with Crippen LogP contribution < -0.4 is 5.32 Å². The number of nitrogens with one attached hydrogen (secondary N) is 1. The maximum Gasteiger partial charge on any atom is 0.284 e. The molecule has 0 unspecified atom stereocenters. The molecule has 3 aromatic heterocycles. The molecule has 1 aromatic carbocycles. The molecule has 4 rings (SSSR count). The highest BCUT2D eigenvalue weighted by Gasteiger charge is 2.12. The Balaban J connectivity index is 1.54. The first-order chi connectivity index (χ1) is 11.3. The predicted octanol–water partition coefficient (Wildman–Crippen LogP) is 2.52. The van der Waals surface area contributed by atoms with E-state index in [-0.39, 0.29) is 5.91 Å². The van der Waals surface area contributed by atoms with Gasteiger partial charge in [0.15, 0.2) is 5.01 Å². The van der Waals surface area contributed by atoms with Gasteiger partial charge in [0.2, 0.25) is 0 Å². The largest absolute Gasteiger partial charge is 0.317 e. The number of anilines is 1. The van der Waals surface area contributed by atoms with Gasteiger partial charge in [-0.15, -0.1) is 11.3 Å². The van der Waals surface area contributed by atoms with Crippen LogP contribution in [0.3, 0.4) is 0 Å². The highest BCUT2D eigenvalue weighted by molar-refractivity contribution is 7.20. The molecule has 0 saturated carbocycles. The summed E-state index contributed by atoms with van der Waals surface area (Å²) in [7, 11) is 0. The smallest absolute Gasteiger partial charge is 0.284 e. The van der Waals surface area contributed by atoms with Crippen LogP contribution in [0.1, 0.15) is 9.80 Å². The Hall–Kier alpha value is -3.13. The van der Waals surface area contributed by atoms with Gasteiger partial charge in [0.25, 0.3) is 11.9 Å². The zero-order valence-electron chi connectivity index (χ0n) is 11.7. The van der Waals surface area contributed by atoms with Crippen LogP contribution in [0.25, 0.3) is 16.2 Å². The van der Waals surface area contributed by atoms with Crippen LogP contribution in [-0.2, 0) is 0 Å². The summed E-state index contributed by atoms with van der Waals surface area (Å²) in [4.78, 5) is 24.9. The summed E-state index contributed by atoms with van der Waals surface area (Å²) in [6.45, 7) is 0. The lowest BCUT2D eigenvalue weighted by Crippen LogP contribution is -2.12. The van der Waals surface area contributed by atoms with E-state index in [4.69, 9.17) is 0 Å². The molecule has 3 heterocycles. The lowest BCUT2D eigenvalue weighted by atomic mass is 10.3. The van der Waals surface area contributed by atoms with E-state index in [0.717, 1.165) is 10.2 Å². The Labute approximate surface area is 134 Å². The number of hydrogen-bond acceptors (Lipinski definition) is 6. The minimum Gasteiger partial charge on any atom is -0.317 e. The Bertz CT molecular complexity index is 928. The van der Waals surface area contributed by atoms with Gasteiger partial charge in [-0.2, -0.15) is 5.10 Å². The van der Waals surface area contributed by atoms with E-state index in [0.29, 0.717) is 16.6 Å². The van der Waals surface area contributed by atoms with Crippen LogP contribution in [0.4, 0.5) is 5.69 Å². The van der Waals surface area contributed by atoms with E-state index in [1.807, 2.05) is 24.3 Å². The van der Waals surface area contributed by atoms with E-state index in [9.17, 15) is 4.79 Å². The molecular weight excluding hydrogens is 312 g/mol. The van der Waals surface area contributed by atoms with Crippen molar-refractivity contribution in [2.75, 3.05) is 5.32 Å². The number of thiazole rings is 1. The number of benzene rings is 1. The van der Waals surface area contributed by atoms with Gasteiger partial charge < -0.3 is 5.32 Å². The van der Waals surface area contributed by atoms with Crippen molar-refractivity contribution in [3.8, 4) is 5.95 Å². The van der Waals surface area contributed by atoms with Crippen molar-refractivity contribution in [2.24, 2.45) is 0 Å². The molecule has 1 N–H and O–H groups in total. The third-order valence-corrected chi connectivity index (χ3v) is 4.13. The van der Waals surface area contributed by atoms with Crippen LogP contribution in [-0.4, -0.2) is 30.6 Å². The second-order valence-corrected chi connectivity index (χ2v) is 5.69. The van der Waals surface area contributed by atoms with Crippen LogP contribution >= 0.6 is 11.3 Å². The maximum atomic E-state index is 12.3. The minimum atomic E-state index is -0.276. The fourth-order valence-corrected chi connectivity index (χ4v) is 2.91. The average Bonchev–Trinajstić information content (AvgIpc) is 3.25. The quantitative estimate of drug-likeness (QED) is 0.626. The first kappa shape index (κ1) is 13.5. The third kappa shape index (κ3) is 2.67. The van der Waals surface area contributed by atoms with Crippen molar-refractivity contribution in [3.05, 3.63) is 60.1 Å². The Morgan fingerprint density at radius 3 is 2.70 bits per heavy atom. The van der Waals surface area contributed by atoms with Gasteiger partial charge in [0.05, 0.1) is 28.3 Å². The summed E-state index contributed by atoms with van der Waals surface area (Å²) in [5, 5.41) is 7.20. The molecular formula is C15H10N6OS. The number of carbonyl (C=O) groups excluding carboxylic acids is 1. The summed E-state index contributed by atoms with van der Waals surface area (Å²) in [5.74, 6) is 0.162. The molecule has 0 aliphatic heterocycles. The molecule has 0 fully saturated rings. The van der Waals surface area contributed by atoms with Crippen molar-refractivity contribution in [2.45, 2.75) is 0 Å². The third-order valence-electron chi connectivity index (χ3n) is 3.09. The molecule has 112 valence electrons. The highest BCUT2D eigenvalue weighted by Crippen LogP contribution is 2.22.